The van der Waals surface area contributed by atoms with Gasteiger partial charge in [0.25, 0.3) is 0 Å². The molecular formula is C26H38N6O6. The van der Waals surface area contributed by atoms with Gasteiger partial charge in [-0.05, 0) is 23.5 Å². The highest BCUT2D eigenvalue weighted by Gasteiger charge is 2.33. The number of rotatable bonds is 14. The van der Waals surface area contributed by atoms with E-state index in [0.717, 1.165) is 10.9 Å². The predicted molar refractivity (Wildman–Crippen MR) is 142 cm³/mol. The van der Waals surface area contributed by atoms with Crippen molar-refractivity contribution in [3.63, 3.8) is 0 Å². The largest absolute Gasteiger partial charge is 0.480 e. The van der Waals surface area contributed by atoms with E-state index in [1.807, 2.05) is 38.1 Å². The lowest BCUT2D eigenvalue weighted by Crippen LogP contribution is -2.59. The second-order valence-corrected chi connectivity index (χ2v) is 9.84. The van der Waals surface area contributed by atoms with Crippen LogP contribution in [0.2, 0.25) is 0 Å². The number of H-pyrrole nitrogens is 1. The summed E-state index contributed by atoms with van der Waals surface area (Å²) in [4.78, 5) is 65.3. The molecule has 1 aromatic heterocycles. The number of carboxylic acid groups (broad SMARTS) is 1. The zero-order chi connectivity index (χ0) is 28.6. The Balaban J connectivity index is 2.32. The molecule has 0 bridgehead atoms. The Morgan fingerprint density at radius 1 is 0.947 bits per heavy atom. The number of hydrogen-bond acceptors (Lipinski definition) is 6. The van der Waals surface area contributed by atoms with Crippen LogP contribution in [0.4, 0.5) is 0 Å². The third-order valence-electron chi connectivity index (χ3n) is 6.56. The second-order valence-electron chi connectivity index (χ2n) is 9.84. The highest BCUT2D eigenvalue weighted by molar-refractivity contribution is 5.95. The highest BCUT2D eigenvalue weighted by Crippen LogP contribution is 2.19. The lowest BCUT2D eigenvalue weighted by Gasteiger charge is -2.27. The third-order valence-corrected chi connectivity index (χ3v) is 6.56. The number of carbonyl (C=O) groups is 5. The van der Waals surface area contributed by atoms with Crippen molar-refractivity contribution in [3.8, 4) is 0 Å². The second kappa shape index (κ2) is 13.6. The number of para-hydroxylation sites is 1. The number of fused-ring (bicyclic) bond motifs is 1. The summed E-state index contributed by atoms with van der Waals surface area (Å²) in [6.07, 6.45) is 1.76. The Kier molecular flexibility index (Phi) is 10.8. The van der Waals surface area contributed by atoms with Gasteiger partial charge in [0.2, 0.25) is 23.6 Å². The molecule has 1 aromatic carbocycles. The molecule has 0 saturated heterocycles. The first-order valence-electron chi connectivity index (χ1n) is 12.6. The van der Waals surface area contributed by atoms with Crippen LogP contribution in [-0.2, 0) is 30.4 Å². The average molecular weight is 531 g/mol. The van der Waals surface area contributed by atoms with E-state index in [1.54, 1.807) is 20.0 Å². The van der Waals surface area contributed by atoms with Gasteiger partial charge in [-0.2, -0.15) is 0 Å². The van der Waals surface area contributed by atoms with Gasteiger partial charge in [0, 0.05) is 23.5 Å². The van der Waals surface area contributed by atoms with Crippen LogP contribution < -0.4 is 27.4 Å². The number of amides is 4. The summed E-state index contributed by atoms with van der Waals surface area (Å²) < 4.78 is 0. The molecule has 9 N–H and O–H groups in total. The lowest BCUT2D eigenvalue weighted by atomic mass is 9.97. The van der Waals surface area contributed by atoms with E-state index in [1.165, 1.54) is 0 Å². The van der Waals surface area contributed by atoms with Crippen molar-refractivity contribution in [2.45, 2.75) is 71.1 Å². The topological polar surface area (TPSA) is 209 Å². The van der Waals surface area contributed by atoms with Crippen molar-refractivity contribution in [1.82, 2.24) is 20.9 Å². The van der Waals surface area contributed by atoms with Gasteiger partial charge in [0.05, 0.1) is 12.5 Å². The van der Waals surface area contributed by atoms with Crippen molar-refractivity contribution in [2.75, 3.05) is 0 Å². The number of aromatic amines is 1. The molecule has 5 atom stereocenters. The zero-order valence-electron chi connectivity index (χ0n) is 22.1. The van der Waals surface area contributed by atoms with Gasteiger partial charge in [0.15, 0.2) is 0 Å². The predicted octanol–water partition coefficient (Wildman–Crippen LogP) is 0.154. The Morgan fingerprint density at radius 3 is 2.16 bits per heavy atom. The van der Waals surface area contributed by atoms with Crippen molar-refractivity contribution in [2.24, 2.45) is 23.3 Å². The summed E-state index contributed by atoms with van der Waals surface area (Å²) in [6.45, 7) is 7.21. The monoisotopic (exact) mass is 530 g/mol. The minimum atomic E-state index is -1.57. The van der Waals surface area contributed by atoms with Crippen LogP contribution in [-0.4, -0.2) is 63.9 Å². The van der Waals surface area contributed by atoms with Crippen LogP contribution in [0.25, 0.3) is 10.9 Å². The number of hydrogen-bond donors (Lipinski definition) is 7. The Labute approximate surface area is 221 Å². The quantitative estimate of drug-likeness (QED) is 0.180. The molecule has 0 spiro atoms. The summed E-state index contributed by atoms with van der Waals surface area (Å²) in [5.74, 6) is -4.74. The van der Waals surface area contributed by atoms with Crippen LogP contribution in [0, 0.1) is 11.8 Å². The number of aliphatic carboxylic acids is 1. The molecule has 2 aromatic rings. The first-order chi connectivity index (χ1) is 17.8. The number of nitrogens with one attached hydrogen (secondary N) is 4. The van der Waals surface area contributed by atoms with Crippen LogP contribution in [0.1, 0.15) is 46.1 Å². The molecule has 0 fully saturated rings. The lowest BCUT2D eigenvalue weighted by molar-refractivity contribution is -0.143. The molecule has 0 radical (unpaired) electrons. The van der Waals surface area contributed by atoms with Crippen molar-refractivity contribution in [3.05, 3.63) is 36.0 Å². The van der Waals surface area contributed by atoms with E-state index >= 15 is 0 Å². The van der Waals surface area contributed by atoms with Crippen LogP contribution in [0.5, 0.6) is 0 Å². The molecule has 5 unspecified atom stereocenters. The molecule has 0 aliphatic rings. The number of carboxylic acids is 1. The minimum Gasteiger partial charge on any atom is -0.480 e. The van der Waals surface area contributed by atoms with Crippen molar-refractivity contribution < 1.29 is 29.1 Å². The standard InChI is InChI=1S/C26H38N6O6/c1-5-14(4)21(28)24(35)32-22(13(2)3)25(36)30-18(23(34)31-19(26(37)38)11-20(27)33)10-15-12-29-17-9-7-6-8-16(15)17/h6-9,12-14,18-19,21-22,29H,5,10-11,28H2,1-4H3,(H2,27,33)(H,30,36)(H,31,34)(H,32,35)(H,37,38). The molecule has 208 valence electrons. The molecule has 12 heteroatoms. The number of primary amides is 1. The third kappa shape index (κ3) is 8.04. The van der Waals surface area contributed by atoms with Gasteiger partial charge in [-0.15, -0.1) is 0 Å². The van der Waals surface area contributed by atoms with Gasteiger partial charge in [-0.25, -0.2) is 4.79 Å². The first-order valence-corrected chi connectivity index (χ1v) is 12.6. The summed E-state index contributed by atoms with van der Waals surface area (Å²) in [5.41, 5.74) is 12.7. The summed E-state index contributed by atoms with van der Waals surface area (Å²) in [7, 11) is 0. The van der Waals surface area contributed by atoms with Gasteiger partial charge < -0.3 is 37.5 Å². The fourth-order valence-corrected chi connectivity index (χ4v) is 3.96. The van der Waals surface area contributed by atoms with E-state index in [4.69, 9.17) is 11.5 Å². The Morgan fingerprint density at radius 2 is 1.58 bits per heavy atom. The van der Waals surface area contributed by atoms with Gasteiger partial charge in [-0.1, -0.05) is 52.3 Å². The van der Waals surface area contributed by atoms with Crippen molar-refractivity contribution in [1.29, 1.82) is 0 Å². The smallest absolute Gasteiger partial charge is 0.326 e. The highest BCUT2D eigenvalue weighted by atomic mass is 16.4. The van der Waals surface area contributed by atoms with Gasteiger partial charge in [0.1, 0.15) is 18.1 Å². The maximum atomic E-state index is 13.3. The molecule has 4 amide bonds. The zero-order valence-corrected chi connectivity index (χ0v) is 22.1. The average Bonchev–Trinajstić information content (AvgIpc) is 3.27. The maximum Gasteiger partial charge on any atom is 0.326 e. The van der Waals surface area contributed by atoms with E-state index in [9.17, 15) is 29.1 Å². The number of nitrogens with two attached hydrogens (primary N) is 2. The molecule has 38 heavy (non-hydrogen) atoms. The van der Waals surface area contributed by atoms with E-state index < -0.39 is 60.2 Å². The molecular weight excluding hydrogens is 492 g/mol. The first kappa shape index (κ1) is 30.3. The summed E-state index contributed by atoms with van der Waals surface area (Å²) in [6, 6.07) is 2.75. The molecule has 12 nitrogen and oxygen atoms in total. The summed E-state index contributed by atoms with van der Waals surface area (Å²) in [5, 5.41) is 17.9. The molecule has 1 heterocycles. The normalized spacial score (nSPS) is 15.2. The van der Waals surface area contributed by atoms with Crippen LogP contribution in [0.15, 0.2) is 30.5 Å². The summed E-state index contributed by atoms with van der Waals surface area (Å²) >= 11 is 0. The molecule has 0 saturated carbocycles. The van der Waals surface area contributed by atoms with E-state index in [-0.39, 0.29) is 18.3 Å². The Bertz CT molecular complexity index is 1160. The van der Waals surface area contributed by atoms with E-state index in [0.29, 0.717) is 12.0 Å². The maximum absolute atomic E-state index is 13.3. The van der Waals surface area contributed by atoms with Gasteiger partial charge >= 0.3 is 5.97 Å². The number of carbonyl (C=O) groups excluding carboxylic acids is 4. The van der Waals surface area contributed by atoms with Crippen LogP contribution in [0.3, 0.4) is 0 Å². The van der Waals surface area contributed by atoms with Crippen molar-refractivity contribution >= 4 is 40.5 Å². The number of benzene rings is 1. The number of aromatic nitrogens is 1. The molecule has 0 aliphatic heterocycles. The van der Waals surface area contributed by atoms with Gasteiger partial charge in [-0.3, -0.25) is 19.2 Å². The molecule has 0 aliphatic carbocycles. The Hall–Kier alpha value is -3.93. The fraction of sp³-hybridized carbons (Fsp3) is 0.500. The minimum absolute atomic E-state index is 0.00956. The molecule has 2 rings (SSSR count). The SMILES string of the molecule is CCC(C)C(N)C(=O)NC(C(=O)NC(Cc1c[nH]c2ccccc12)C(=O)NC(CC(N)=O)C(=O)O)C(C)C. The van der Waals surface area contributed by atoms with E-state index in [2.05, 4.69) is 20.9 Å². The van der Waals surface area contributed by atoms with Crippen LogP contribution >= 0.6 is 0 Å². The fourth-order valence-electron chi connectivity index (χ4n) is 3.96.